The molecule has 0 aliphatic heterocycles. The number of benzene rings is 2. The second-order valence-corrected chi connectivity index (χ2v) is 5.56. The number of nitrogens with zero attached hydrogens (tertiary/aromatic N) is 4. The van der Waals surface area contributed by atoms with Gasteiger partial charge >= 0.3 is 5.97 Å². The number of rotatable bonds is 6. The molecular weight excluding hydrogens is 358 g/mol. The number of carboxylic acids is 1. The van der Waals surface area contributed by atoms with Gasteiger partial charge in [0.05, 0.1) is 24.0 Å². The molecule has 0 amide bonds. The SMILES string of the molecule is COc1ccc(-n2nnnc2C=CNc2cc(Cl)ccc2C(=O)O)cc1. The first-order chi connectivity index (χ1) is 12.6. The van der Waals surface area contributed by atoms with Crippen molar-refractivity contribution < 1.29 is 14.6 Å². The van der Waals surface area contributed by atoms with Crippen LogP contribution in [0.3, 0.4) is 0 Å². The van der Waals surface area contributed by atoms with E-state index < -0.39 is 5.97 Å². The molecule has 0 saturated carbocycles. The van der Waals surface area contributed by atoms with E-state index in [4.69, 9.17) is 16.3 Å². The quantitative estimate of drug-likeness (QED) is 0.686. The largest absolute Gasteiger partial charge is 0.497 e. The number of nitrogens with one attached hydrogen (secondary N) is 1. The van der Waals surface area contributed by atoms with Gasteiger partial charge in [-0.05, 0) is 52.9 Å². The number of ether oxygens (including phenoxy) is 1. The topological polar surface area (TPSA) is 102 Å². The van der Waals surface area contributed by atoms with E-state index in [1.54, 1.807) is 31.5 Å². The average molecular weight is 372 g/mol. The molecule has 0 aliphatic carbocycles. The fourth-order valence-electron chi connectivity index (χ4n) is 2.23. The fraction of sp³-hybridized carbons (Fsp3) is 0.0588. The van der Waals surface area contributed by atoms with Gasteiger partial charge in [0.1, 0.15) is 5.75 Å². The van der Waals surface area contributed by atoms with Crippen molar-refractivity contribution >= 4 is 29.3 Å². The Hall–Kier alpha value is -3.39. The maximum Gasteiger partial charge on any atom is 0.337 e. The minimum atomic E-state index is -1.05. The third-order valence-electron chi connectivity index (χ3n) is 3.49. The van der Waals surface area contributed by atoms with Crippen LogP contribution in [0.5, 0.6) is 5.75 Å². The van der Waals surface area contributed by atoms with Gasteiger partial charge in [-0.25, -0.2) is 4.79 Å². The second kappa shape index (κ2) is 7.66. The Morgan fingerprint density at radius 1 is 1.27 bits per heavy atom. The molecule has 3 rings (SSSR count). The predicted octanol–water partition coefficient (Wildman–Crippen LogP) is 3.11. The standard InChI is InChI=1S/C17H14ClN5O3/c1-26-13-5-3-12(4-6-13)23-16(20-21-22-23)8-9-19-15-10-11(18)2-7-14(15)17(24)25/h2-10,19H,1H3,(H,24,25). The summed E-state index contributed by atoms with van der Waals surface area (Å²) in [6.45, 7) is 0. The number of carbonyl (C=O) groups is 1. The van der Waals surface area contributed by atoms with Crippen LogP contribution in [-0.2, 0) is 0 Å². The highest BCUT2D eigenvalue weighted by Gasteiger charge is 2.10. The van der Waals surface area contributed by atoms with Crippen molar-refractivity contribution in [3.8, 4) is 11.4 Å². The number of anilines is 1. The molecule has 0 bridgehead atoms. The van der Waals surface area contributed by atoms with Crippen LogP contribution in [-0.4, -0.2) is 38.4 Å². The summed E-state index contributed by atoms with van der Waals surface area (Å²) in [4.78, 5) is 11.3. The number of hydrogen-bond acceptors (Lipinski definition) is 6. The molecule has 0 aliphatic rings. The van der Waals surface area contributed by atoms with Gasteiger partial charge in [-0.15, -0.1) is 5.10 Å². The summed E-state index contributed by atoms with van der Waals surface area (Å²) in [5.74, 6) is 0.130. The normalized spacial score (nSPS) is 10.8. The highest BCUT2D eigenvalue weighted by molar-refractivity contribution is 6.31. The van der Waals surface area contributed by atoms with Gasteiger partial charge in [-0.1, -0.05) is 11.6 Å². The molecule has 1 aromatic heterocycles. The second-order valence-electron chi connectivity index (χ2n) is 5.12. The third-order valence-corrected chi connectivity index (χ3v) is 3.73. The Bertz CT molecular complexity index is 953. The van der Waals surface area contributed by atoms with Crippen LogP contribution < -0.4 is 10.1 Å². The van der Waals surface area contributed by atoms with Crippen molar-refractivity contribution in [2.24, 2.45) is 0 Å². The summed E-state index contributed by atoms with van der Waals surface area (Å²) in [5, 5.41) is 24.1. The summed E-state index contributed by atoms with van der Waals surface area (Å²) in [7, 11) is 1.59. The zero-order valence-corrected chi connectivity index (χ0v) is 14.4. The van der Waals surface area contributed by atoms with Gasteiger partial charge in [0.2, 0.25) is 0 Å². The minimum absolute atomic E-state index is 0.105. The van der Waals surface area contributed by atoms with E-state index >= 15 is 0 Å². The molecule has 1 heterocycles. The summed E-state index contributed by atoms with van der Waals surface area (Å²) < 4.78 is 6.66. The van der Waals surface area contributed by atoms with E-state index in [9.17, 15) is 9.90 Å². The summed E-state index contributed by atoms with van der Waals surface area (Å²) in [6, 6.07) is 11.7. The van der Waals surface area contributed by atoms with Crippen LogP contribution in [0, 0.1) is 0 Å². The van der Waals surface area contributed by atoms with Gasteiger partial charge < -0.3 is 15.2 Å². The van der Waals surface area contributed by atoms with Crippen molar-refractivity contribution in [1.82, 2.24) is 20.2 Å². The molecule has 0 atom stereocenters. The van der Waals surface area contributed by atoms with Gasteiger partial charge in [0.15, 0.2) is 5.82 Å². The molecule has 3 aromatic rings. The molecule has 0 saturated heterocycles. The Morgan fingerprint density at radius 3 is 2.73 bits per heavy atom. The molecular formula is C17H14ClN5O3. The van der Waals surface area contributed by atoms with Gasteiger partial charge in [0, 0.05) is 17.3 Å². The van der Waals surface area contributed by atoms with E-state index in [1.165, 1.54) is 22.9 Å². The number of methoxy groups -OCH3 is 1. The van der Waals surface area contributed by atoms with E-state index in [-0.39, 0.29) is 5.56 Å². The maximum atomic E-state index is 11.3. The van der Waals surface area contributed by atoms with Crippen molar-refractivity contribution in [1.29, 1.82) is 0 Å². The van der Waals surface area contributed by atoms with Gasteiger partial charge in [-0.2, -0.15) is 4.68 Å². The molecule has 26 heavy (non-hydrogen) atoms. The molecule has 8 nitrogen and oxygen atoms in total. The zero-order valence-electron chi connectivity index (χ0n) is 13.6. The molecule has 9 heteroatoms. The smallest absolute Gasteiger partial charge is 0.337 e. The van der Waals surface area contributed by atoms with E-state index in [1.807, 2.05) is 12.1 Å². The lowest BCUT2D eigenvalue weighted by Gasteiger charge is -2.06. The Kier molecular flexibility index (Phi) is 5.14. The van der Waals surface area contributed by atoms with Crippen LogP contribution in [0.1, 0.15) is 16.2 Å². The summed E-state index contributed by atoms with van der Waals surface area (Å²) in [6.07, 6.45) is 3.17. The number of halogens is 1. The highest BCUT2D eigenvalue weighted by atomic mass is 35.5. The van der Waals surface area contributed by atoms with Crippen LogP contribution in [0.15, 0.2) is 48.7 Å². The summed E-state index contributed by atoms with van der Waals surface area (Å²) >= 11 is 5.93. The van der Waals surface area contributed by atoms with Crippen LogP contribution in [0.4, 0.5) is 5.69 Å². The molecule has 0 spiro atoms. The number of hydrogen-bond donors (Lipinski definition) is 2. The fourth-order valence-corrected chi connectivity index (χ4v) is 2.41. The first-order valence-corrected chi connectivity index (χ1v) is 7.85. The maximum absolute atomic E-state index is 11.3. The van der Waals surface area contributed by atoms with E-state index in [2.05, 4.69) is 20.8 Å². The third kappa shape index (κ3) is 3.81. The van der Waals surface area contributed by atoms with E-state index in [0.717, 1.165) is 11.4 Å². The minimum Gasteiger partial charge on any atom is -0.497 e. The monoisotopic (exact) mass is 371 g/mol. The molecule has 2 aromatic carbocycles. The number of aromatic carboxylic acids is 1. The van der Waals surface area contributed by atoms with Crippen LogP contribution >= 0.6 is 11.6 Å². The van der Waals surface area contributed by atoms with Crippen molar-refractivity contribution in [2.75, 3.05) is 12.4 Å². The number of aromatic nitrogens is 4. The molecule has 0 unspecified atom stereocenters. The van der Waals surface area contributed by atoms with Gasteiger partial charge in [-0.3, -0.25) is 0 Å². The lowest BCUT2D eigenvalue weighted by molar-refractivity contribution is 0.0698. The first-order valence-electron chi connectivity index (χ1n) is 7.47. The lowest BCUT2D eigenvalue weighted by Crippen LogP contribution is -2.02. The highest BCUT2D eigenvalue weighted by Crippen LogP contribution is 2.21. The molecule has 0 fully saturated rings. The van der Waals surface area contributed by atoms with Crippen molar-refractivity contribution in [2.45, 2.75) is 0 Å². The van der Waals surface area contributed by atoms with E-state index in [0.29, 0.717) is 16.5 Å². The predicted molar refractivity (Wildman–Crippen MR) is 96.8 cm³/mol. The van der Waals surface area contributed by atoms with Crippen LogP contribution in [0.2, 0.25) is 5.02 Å². The lowest BCUT2D eigenvalue weighted by atomic mass is 10.2. The average Bonchev–Trinajstić information content (AvgIpc) is 3.10. The molecule has 132 valence electrons. The Balaban J connectivity index is 1.81. The Labute approximate surface area is 153 Å². The van der Waals surface area contributed by atoms with Crippen molar-refractivity contribution in [3.63, 3.8) is 0 Å². The zero-order chi connectivity index (χ0) is 18.5. The van der Waals surface area contributed by atoms with Crippen LogP contribution in [0.25, 0.3) is 11.8 Å². The number of tetrazole rings is 1. The first kappa shape index (κ1) is 17.4. The van der Waals surface area contributed by atoms with Crippen molar-refractivity contribution in [3.05, 3.63) is 65.1 Å². The number of carboxylic acid groups (broad SMARTS) is 1. The Morgan fingerprint density at radius 2 is 2.04 bits per heavy atom. The molecule has 0 radical (unpaired) electrons. The van der Waals surface area contributed by atoms with Gasteiger partial charge in [0.25, 0.3) is 0 Å². The molecule has 2 N–H and O–H groups in total. The summed E-state index contributed by atoms with van der Waals surface area (Å²) in [5.41, 5.74) is 1.22.